The Bertz CT molecular complexity index is 1500. The zero-order valence-corrected chi connectivity index (χ0v) is 45.9. The van der Waals surface area contributed by atoms with Crippen molar-refractivity contribution in [3.63, 3.8) is 0 Å². The Morgan fingerprint density at radius 1 is 0.296 bits per heavy atom. The number of rotatable bonds is 51. The molecule has 0 aromatic carbocycles. The second-order valence-corrected chi connectivity index (χ2v) is 18.8. The molecule has 0 aromatic rings. The molecule has 0 fully saturated rings. The Morgan fingerprint density at radius 2 is 0.549 bits per heavy atom. The van der Waals surface area contributed by atoms with E-state index >= 15 is 0 Å². The third-order valence-electron chi connectivity index (χ3n) is 11.9. The SMILES string of the molecule is CC/C=C\C/C=C\C/C=C\C/C=C\CCCCCCC(=O)OC[C@H](COC(=O)CCCCC/C=C\C/C=C\C/C=C\C/C=C\CCCCC)OC(=O)CCCCCCCCC/C=C\C/C=C\CCCCC. The maximum Gasteiger partial charge on any atom is 0.306 e. The quantitative estimate of drug-likeness (QED) is 0.0261. The summed E-state index contributed by atoms with van der Waals surface area (Å²) < 4.78 is 16.8. The lowest BCUT2D eigenvalue weighted by molar-refractivity contribution is -0.167. The van der Waals surface area contributed by atoms with Crippen LogP contribution in [0.15, 0.2) is 122 Å². The Balaban J connectivity index is 4.52. The summed E-state index contributed by atoms with van der Waals surface area (Å²) in [5.74, 6) is -0.969. The maximum absolute atomic E-state index is 12.9. The van der Waals surface area contributed by atoms with E-state index in [4.69, 9.17) is 14.2 Å². The van der Waals surface area contributed by atoms with Crippen LogP contribution >= 0.6 is 0 Å². The third kappa shape index (κ3) is 56.6. The van der Waals surface area contributed by atoms with Gasteiger partial charge in [-0.2, -0.15) is 0 Å². The molecular formula is C65H106O6. The molecule has 0 amide bonds. The number of allylic oxidation sites excluding steroid dienone is 20. The van der Waals surface area contributed by atoms with Gasteiger partial charge in [-0.25, -0.2) is 0 Å². The molecule has 6 nitrogen and oxygen atoms in total. The van der Waals surface area contributed by atoms with Gasteiger partial charge in [-0.1, -0.05) is 219 Å². The molecule has 0 aliphatic heterocycles. The highest BCUT2D eigenvalue weighted by Crippen LogP contribution is 2.13. The lowest BCUT2D eigenvalue weighted by atomic mass is 10.1. The Morgan fingerprint density at radius 3 is 0.873 bits per heavy atom. The van der Waals surface area contributed by atoms with Gasteiger partial charge in [0.2, 0.25) is 0 Å². The van der Waals surface area contributed by atoms with Crippen molar-refractivity contribution >= 4 is 17.9 Å². The van der Waals surface area contributed by atoms with E-state index < -0.39 is 6.10 Å². The van der Waals surface area contributed by atoms with E-state index in [1.165, 1.54) is 77.0 Å². The Kier molecular flexibility index (Phi) is 54.9. The molecule has 0 rings (SSSR count). The summed E-state index contributed by atoms with van der Waals surface area (Å²) in [6.45, 7) is 6.42. The fraction of sp³-hybridized carbons (Fsp3) is 0.646. The molecule has 6 heteroatoms. The summed E-state index contributed by atoms with van der Waals surface area (Å²) >= 11 is 0. The van der Waals surface area contributed by atoms with Crippen LogP contribution in [0.25, 0.3) is 0 Å². The summed E-state index contributed by atoms with van der Waals surface area (Å²) in [6.07, 6.45) is 80.4. The molecule has 0 heterocycles. The molecular weight excluding hydrogens is 877 g/mol. The van der Waals surface area contributed by atoms with Crippen molar-refractivity contribution in [1.82, 2.24) is 0 Å². The normalized spacial score (nSPS) is 13.0. The minimum atomic E-state index is -0.810. The molecule has 0 saturated carbocycles. The summed E-state index contributed by atoms with van der Waals surface area (Å²) in [7, 11) is 0. The predicted molar refractivity (Wildman–Crippen MR) is 306 cm³/mol. The van der Waals surface area contributed by atoms with Crippen molar-refractivity contribution in [2.75, 3.05) is 13.2 Å². The van der Waals surface area contributed by atoms with Crippen molar-refractivity contribution in [1.29, 1.82) is 0 Å². The van der Waals surface area contributed by atoms with E-state index in [9.17, 15) is 14.4 Å². The molecule has 71 heavy (non-hydrogen) atoms. The highest BCUT2D eigenvalue weighted by atomic mass is 16.6. The van der Waals surface area contributed by atoms with Crippen molar-refractivity contribution in [2.24, 2.45) is 0 Å². The van der Waals surface area contributed by atoms with Crippen LogP contribution in [0.1, 0.15) is 252 Å². The zero-order chi connectivity index (χ0) is 51.4. The van der Waals surface area contributed by atoms with E-state index in [1.54, 1.807) is 0 Å². The maximum atomic E-state index is 12.9. The average molecular weight is 984 g/mol. The van der Waals surface area contributed by atoms with Crippen LogP contribution in [0.3, 0.4) is 0 Å². The first-order valence-electron chi connectivity index (χ1n) is 29.0. The van der Waals surface area contributed by atoms with Gasteiger partial charge in [0.25, 0.3) is 0 Å². The monoisotopic (exact) mass is 983 g/mol. The molecule has 0 aliphatic rings. The van der Waals surface area contributed by atoms with Crippen molar-refractivity contribution in [3.8, 4) is 0 Å². The number of carbonyl (C=O) groups is 3. The first-order chi connectivity index (χ1) is 35.0. The zero-order valence-electron chi connectivity index (χ0n) is 45.9. The molecule has 0 spiro atoms. The van der Waals surface area contributed by atoms with E-state index in [0.717, 1.165) is 135 Å². The number of hydrogen-bond donors (Lipinski definition) is 0. The van der Waals surface area contributed by atoms with Crippen LogP contribution in [-0.4, -0.2) is 37.2 Å². The van der Waals surface area contributed by atoms with Crippen molar-refractivity contribution in [3.05, 3.63) is 122 Å². The average Bonchev–Trinajstić information content (AvgIpc) is 3.37. The fourth-order valence-electron chi connectivity index (χ4n) is 7.56. The fourth-order valence-corrected chi connectivity index (χ4v) is 7.56. The third-order valence-corrected chi connectivity index (χ3v) is 11.9. The molecule has 0 aliphatic carbocycles. The second kappa shape index (κ2) is 58.4. The number of carbonyl (C=O) groups excluding carboxylic acids is 3. The molecule has 0 saturated heterocycles. The predicted octanol–water partition coefficient (Wildman–Crippen LogP) is 19.6. The van der Waals surface area contributed by atoms with Crippen LogP contribution in [0, 0.1) is 0 Å². The minimum Gasteiger partial charge on any atom is -0.462 e. The lowest BCUT2D eigenvalue weighted by Crippen LogP contribution is -2.30. The van der Waals surface area contributed by atoms with E-state index in [0.29, 0.717) is 19.3 Å². The van der Waals surface area contributed by atoms with Gasteiger partial charge in [-0.15, -0.1) is 0 Å². The van der Waals surface area contributed by atoms with Gasteiger partial charge in [0.1, 0.15) is 13.2 Å². The number of hydrogen-bond acceptors (Lipinski definition) is 6. The second-order valence-electron chi connectivity index (χ2n) is 18.8. The molecule has 1 atom stereocenters. The van der Waals surface area contributed by atoms with Gasteiger partial charge in [0.05, 0.1) is 0 Å². The van der Waals surface area contributed by atoms with Crippen LogP contribution in [0.2, 0.25) is 0 Å². The van der Waals surface area contributed by atoms with Gasteiger partial charge in [0, 0.05) is 19.3 Å². The molecule has 0 radical (unpaired) electrons. The van der Waals surface area contributed by atoms with Crippen LogP contribution in [0.4, 0.5) is 0 Å². The van der Waals surface area contributed by atoms with Gasteiger partial charge in [-0.3, -0.25) is 14.4 Å². The first-order valence-corrected chi connectivity index (χ1v) is 29.0. The summed E-state index contributed by atoms with van der Waals surface area (Å²) in [6, 6.07) is 0. The molecule has 0 unspecified atom stereocenters. The molecule has 0 N–H and O–H groups in total. The van der Waals surface area contributed by atoms with Gasteiger partial charge in [-0.05, 0) is 135 Å². The highest BCUT2D eigenvalue weighted by molar-refractivity contribution is 5.71. The van der Waals surface area contributed by atoms with Crippen molar-refractivity contribution < 1.29 is 28.6 Å². The molecule has 0 bridgehead atoms. The smallest absolute Gasteiger partial charge is 0.306 e. The topological polar surface area (TPSA) is 78.9 Å². The number of unbranched alkanes of at least 4 members (excludes halogenated alkanes) is 20. The minimum absolute atomic E-state index is 0.107. The molecule has 402 valence electrons. The largest absolute Gasteiger partial charge is 0.462 e. The van der Waals surface area contributed by atoms with Gasteiger partial charge >= 0.3 is 17.9 Å². The number of ether oxygens (including phenoxy) is 3. The van der Waals surface area contributed by atoms with Gasteiger partial charge in [0.15, 0.2) is 6.10 Å². The van der Waals surface area contributed by atoms with Crippen LogP contribution in [-0.2, 0) is 28.6 Å². The van der Waals surface area contributed by atoms with E-state index in [1.807, 2.05) is 0 Å². The summed E-state index contributed by atoms with van der Waals surface area (Å²) in [5.41, 5.74) is 0. The number of esters is 3. The summed E-state index contributed by atoms with van der Waals surface area (Å²) in [5, 5.41) is 0. The van der Waals surface area contributed by atoms with Gasteiger partial charge < -0.3 is 14.2 Å². The van der Waals surface area contributed by atoms with Crippen LogP contribution in [0.5, 0.6) is 0 Å². The van der Waals surface area contributed by atoms with Crippen LogP contribution < -0.4 is 0 Å². The standard InChI is InChI=1S/C65H106O6/c1-4-7-10-13-16-19-22-25-28-31-32-35-37-40-43-46-49-52-55-58-64(67)70-61-62(71-65(68)59-56-53-50-47-44-41-38-34-30-27-24-21-18-15-12-9-6-3)60-69-63(66)57-54-51-48-45-42-39-36-33-29-26-23-20-17-14-11-8-5-2/h8,11,16-21,25-30,32,35-36,39-40,43,62H,4-7,9-10,12-15,22-24,31,33-34,37-38,41-42,44-61H2,1-3H3/b11-8-,19-16-,20-17-,21-18-,28-25-,29-26-,30-27-,35-32-,39-36-,43-40-/t62-/m1/s1. The summed E-state index contributed by atoms with van der Waals surface area (Å²) in [4.78, 5) is 38.2. The Hall–Kier alpha value is -4.19. The van der Waals surface area contributed by atoms with Crippen molar-refractivity contribution in [2.45, 2.75) is 258 Å². The Labute approximate surface area is 437 Å². The highest BCUT2D eigenvalue weighted by Gasteiger charge is 2.19. The molecule has 0 aromatic heterocycles. The van der Waals surface area contributed by atoms with E-state index in [2.05, 4.69) is 142 Å². The lowest BCUT2D eigenvalue weighted by Gasteiger charge is -2.18. The first kappa shape index (κ1) is 66.8. The van der Waals surface area contributed by atoms with E-state index in [-0.39, 0.29) is 31.1 Å².